The number of pyridine rings is 1. The molecule has 1 heterocycles. The van der Waals surface area contributed by atoms with Crippen LogP contribution in [0.4, 0.5) is 11.4 Å². The fourth-order valence-corrected chi connectivity index (χ4v) is 1.55. The maximum Gasteiger partial charge on any atom is 0.295 e. The van der Waals surface area contributed by atoms with E-state index in [1.165, 1.54) is 24.4 Å². The van der Waals surface area contributed by atoms with Crippen LogP contribution in [0.25, 0.3) is 11.3 Å². The standard InChI is InChI=1S/C11H9N3O3/c12-7-3-1-5-9(15)10(7)11-8(14(16)17)4-2-6-13-11/h1-6,15H,12H2. The molecule has 0 radical (unpaired) electrons. The van der Waals surface area contributed by atoms with Crippen LogP contribution in [-0.4, -0.2) is 15.0 Å². The van der Waals surface area contributed by atoms with Crippen LogP contribution in [-0.2, 0) is 0 Å². The third kappa shape index (κ3) is 1.87. The van der Waals surface area contributed by atoms with Crippen molar-refractivity contribution in [1.82, 2.24) is 4.98 Å². The van der Waals surface area contributed by atoms with Gasteiger partial charge in [-0.05, 0) is 18.2 Å². The molecule has 3 N–H and O–H groups in total. The molecule has 1 aromatic heterocycles. The number of anilines is 1. The molecule has 0 spiro atoms. The Labute approximate surface area is 96.5 Å². The van der Waals surface area contributed by atoms with Crippen LogP contribution < -0.4 is 5.73 Å². The van der Waals surface area contributed by atoms with Gasteiger partial charge in [-0.25, -0.2) is 4.98 Å². The third-order valence-electron chi connectivity index (χ3n) is 2.29. The number of phenols is 1. The first-order valence-electron chi connectivity index (χ1n) is 4.78. The van der Waals surface area contributed by atoms with E-state index in [1.54, 1.807) is 12.1 Å². The van der Waals surface area contributed by atoms with E-state index in [0.717, 1.165) is 0 Å². The number of benzene rings is 1. The number of aromatic hydroxyl groups is 1. The van der Waals surface area contributed by atoms with Gasteiger partial charge in [-0.1, -0.05) is 6.07 Å². The van der Waals surface area contributed by atoms with E-state index >= 15 is 0 Å². The van der Waals surface area contributed by atoms with E-state index in [2.05, 4.69) is 4.98 Å². The second kappa shape index (κ2) is 4.09. The van der Waals surface area contributed by atoms with Gasteiger partial charge in [0.1, 0.15) is 5.75 Å². The SMILES string of the molecule is Nc1cccc(O)c1-c1ncccc1[N+](=O)[O-]. The first kappa shape index (κ1) is 10.9. The molecule has 0 atom stereocenters. The highest BCUT2D eigenvalue weighted by Gasteiger charge is 2.20. The van der Waals surface area contributed by atoms with Crippen molar-refractivity contribution >= 4 is 11.4 Å². The second-order valence-electron chi connectivity index (χ2n) is 3.37. The Morgan fingerprint density at radius 1 is 1.29 bits per heavy atom. The number of hydrogen-bond donors (Lipinski definition) is 2. The molecule has 0 amide bonds. The minimum Gasteiger partial charge on any atom is -0.507 e. The molecule has 0 fully saturated rings. The molecule has 0 aliphatic carbocycles. The average Bonchev–Trinajstić information content (AvgIpc) is 2.29. The Kier molecular flexibility index (Phi) is 2.61. The lowest BCUT2D eigenvalue weighted by atomic mass is 10.1. The molecule has 0 saturated heterocycles. The Hall–Kier alpha value is -2.63. The predicted octanol–water partition coefficient (Wildman–Crippen LogP) is 1.94. The van der Waals surface area contributed by atoms with E-state index < -0.39 is 4.92 Å². The van der Waals surface area contributed by atoms with E-state index in [4.69, 9.17) is 5.73 Å². The monoisotopic (exact) mass is 231 g/mol. The van der Waals surface area contributed by atoms with Crippen LogP contribution in [0.1, 0.15) is 0 Å². The normalized spacial score (nSPS) is 10.1. The molecule has 0 saturated carbocycles. The zero-order chi connectivity index (χ0) is 12.4. The molecular weight excluding hydrogens is 222 g/mol. The first-order valence-corrected chi connectivity index (χ1v) is 4.78. The summed E-state index contributed by atoms with van der Waals surface area (Å²) in [6.07, 6.45) is 1.41. The summed E-state index contributed by atoms with van der Waals surface area (Å²) in [5, 5.41) is 20.6. The van der Waals surface area contributed by atoms with Gasteiger partial charge < -0.3 is 10.8 Å². The average molecular weight is 231 g/mol. The molecule has 86 valence electrons. The molecule has 2 rings (SSSR count). The molecule has 6 heteroatoms. The molecule has 1 aromatic carbocycles. The van der Waals surface area contributed by atoms with E-state index in [0.29, 0.717) is 0 Å². The summed E-state index contributed by atoms with van der Waals surface area (Å²) in [6.45, 7) is 0. The number of nitro groups is 1. The number of nitrogens with two attached hydrogens (primary N) is 1. The van der Waals surface area contributed by atoms with Gasteiger partial charge in [0.2, 0.25) is 0 Å². The summed E-state index contributed by atoms with van der Waals surface area (Å²) in [7, 11) is 0. The minimum atomic E-state index is -0.561. The fraction of sp³-hybridized carbons (Fsp3) is 0. The Balaban J connectivity index is 2.73. The molecule has 0 unspecified atom stereocenters. The third-order valence-corrected chi connectivity index (χ3v) is 2.29. The van der Waals surface area contributed by atoms with E-state index in [1.807, 2.05) is 0 Å². The minimum absolute atomic E-state index is 0.0631. The quantitative estimate of drug-likeness (QED) is 0.467. The summed E-state index contributed by atoms with van der Waals surface area (Å²) in [4.78, 5) is 14.2. The summed E-state index contributed by atoms with van der Waals surface area (Å²) in [6, 6.07) is 7.28. The van der Waals surface area contributed by atoms with Crippen molar-refractivity contribution in [3.05, 3.63) is 46.6 Å². The van der Waals surface area contributed by atoms with Crippen LogP contribution in [0.2, 0.25) is 0 Å². The van der Waals surface area contributed by atoms with Crippen molar-refractivity contribution in [2.24, 2.45) is 0 Å². The summed E-state index contributed by atoms with van der Waals surface area (Å²) < 4.78 is 0. The van der Waals surface area contributed by atoms with Crippen LogP contribution in [0.15, 0.2) is 36.5 Å². The highest BCUT2D eigenvalue weighted by atomic mass is 16.6. The van der Waals surface area contributed by atoms with Gasteiger partial charge in [-0.2, -0.15) is 0 Å². The molecule has 2 aromatic rings. The van der Waals surface area contributed by atoms with Gasteiger partial charge in [-0.15, -0.1) is 0 Å². The smallest absolute Gasteiger partial charge is 0.295 e. The maximum atomic E-state index is 10.9. The lowest BCUT2D eigenvalue weighted by Crippen LogP contribution is -1.97. The van der Waals surface area contributed by atoms with E-state index in [-0.39, 0.29) is 28.4 Å². The van der Waals surface area contributed by atoms with Crippen LogP contribution >= 0.6 is 0 Å². The highest BCUT2D eigenvalue weighted by Crippen LogP contribution is 2.37. The van der Waals surface area contributed by atoms with E-state index in [9.17, 15) is 15.2 Å². The highest BCUT2D eigenvalue weighted by molar-refractivity contribution is 5.84. The van der Waals surface area contributed by atoms with Gasteiger partial charge >= 0.3 is 0 Å². The lowest BCUT2D eigenvalue weighted by molar-refractivity contribution is -0.384. The second-order valence-corrected chi connectivity index (χ2v) is 3.37. The van der Waals surface area contributed by atoms with Crippen LogP contribution in [0.5, 0.6) is 5.75 Å². The van der Waals surface area contributed by atoms with Crippen molar-refractivity contribution in [2.45, 2.75) is 0 Å². The van der Waals surface area contributed by atoms with Crippen molar-refractivity contribution in [3.63, 3.8) is 0 Å². The number of nitrogens with zero attached hydrogens (tertiary/aromatic N) is 2. The number of rotatable bonds is 2. The Morgan fingerprint density at radius 3 is 2.71 bits per heavy atom. The topological polar surface area (TPSA) is 102 Å². The number of phenolic OH excluding ortho intramolecular Hbond substituents is 1. The number of hydrogen-bond acceptors (Lipinski definition) is 5. The molecule has 17 heavy (non-hydrogen) atoms. The van der Waals surface area contributed by atoms with Gasteiger partial charge in [0.25, 0.3) is 5.69 Å². The van der Waals surface area contributed by atoms with Crippen molar-refractivity contribution in [1.29, 1.82) is 0 Å². The maximum absolute atomic E-state index is 10.9. The van der Waals surface area contributed by atoms with Crippen molar-refractivity contribution in [3.8, 4) is 17.0 Å². The molecule has 0 bridgehead atoms. The molecular formula is C11H9N3O3. The molecule has 6 nitrogen and oxygen atoms in total. The van der Waals surface area contributed by atoms with Gasteiger partial charge in [0.15, 0.2) is 5.69 Å². The lowest BCUT2D eigenvalue weighted by Gasteiger charge is -2.07. The summed E-state index contributed by atoms with van der Waals surface area (Å²) in [5.74, 6) is -0.133. The van der Waals surface area contributed by atoms with Crippen LogP contribution in [0.3, 0.4) is 0 Å². The number of nitrogen functional groups attached to an aromatic ring is 1. The zero-order valence-electron chi connectivity index (χ0n) is 8.70. The fourth-order valence-electron chi connectivity index (χ4n) is 1.55. The predicted molar refractivity (Wildman–Crippen MR) is 62.4 cm³/mol. The Bertz CT molecular complexity index is 564. The van der Waals surface area contributed by atoms with Gasteiger partial charge in [-0.3, -0.25) is 10.1 Å². The zero-order valence-corrected chi connectivity index (χ0v) is 8.70. The first-order chi connectivity index (χ1) is 8.11. The van der Waals surface area contributed by atoms with Crippen LogP contribution in [0, 0.1) is 10.1 Å². The Morgan fingerprint density at radius 2 is 2.06 bits per heavy atom. The largest absolute Gasteiger partial charge is 0.507 e. The van der Waals surface area contributed by atoms with Crippen molar-refractivity contribution < 1.29 is 10.0 Å². The van der Waals surface area contributed by atoms with Crippen molar-refractivity contribution in [2.75, 3.05) is 5.73 Å². The number of aromatic nitrogens is 1. The van der Waals surface area contributed by atoms with Gasteiger partial charge in [0.05, 0.1) is 10.5 Å². The molecule has 0 aliphatic heterocycles. The summed E-state index contributed by atoms with van der Waals surface area (Å²) >= 11 is 0. The molecule has 0 aliphatic rings. The summed E-state index contributed by atoms with van der Waals surface area (Å²) in [5.41, 5.74) is 5.99. The van der Waals surface area contributed by atoms with Gasteiger partial charge in [0, 0.05) is 18.0 Å².